The van der Waals surface area contributed by atoms with E-state index in [9.17, 15) is 14.7 Å². The molecule has 2 atom stereocenters. The van der Waals surface area contributed by atoms with E-state index in [0.29, 0.717) is 0 Å². The Bertz CT molecular complexity index is 1220. The molecule has 32 heavy (non-hydrogen) atoms. The molecule has 4 nitrogen and oxygen atoms in total. The van der Waals surface area contributed by atoms with Crippen LogP contribution in [-0.4, -0.2) is 17.0 Å². The molecule has 2 unspecified atom stereocenters. The molecule has 0 bridgehead atoms. The fraction of sp³-hybridized carbons (Fsp3) is 0.143. The van der Waals surface area contributed by atoms with E-state index in [1.54, 1.807) is 0 Å². The van der Waals surface area contributed by atoms with Crippen LogP contribution in [0, 0.1) is 11.8 Å². The van der Waals surface area contributed by atoms with Crippen molar-refractivity contribution in [1.82, 2.24) is 0 Å². The van der Waals surface area contributed by atoms with E-state index >= 15 is 0 Å². The quantitative estimate of drug-likeness (QED) is 0.436. The Labute approximate surface area is 186 Å². The van der Waals surface area contributed by atoms with Crippen LogP contribution in [0.2, 0.25) is 0 Å². The topological polar surface area (TPSA) is 66.4 Å². The Morgan fingerprint density at radius 2 is 1.16 bits per heavy atom. The molecule has 158 valence electrons. The lowest BCUT2D eigenvalue weighted by Gasteiger charge is -2.49. The van der Waals surface area contributed by atoms with Gasteiger partial charge in [0.2, 0.25) is 5.91 Å². The molecule has 1 saturated carbocycles. The van der Waals surface area contributed by atoms with Crippen molar-refractivity contribution >= 4 is 28.3 Å². The molecule has 1 fully saturated rings. The molecular formula is C28H23NO3. The Morgan fingerprint density at radius 3 is 1.75 bits per heavy atom. The van der Waals surface area contributed by atoms with Crippen molar-refractivity contribution in [2.24, 2.45) is 11.8 Å². The van der Waals surface area contributed by atoms with E-state index in [4.69, 9.17) is 0 Å². The molecule has 4 heteroatoms. The molecule has 4 aromatic rings. The van der Waals surface area contributed by atoms with E-state index in [0.717, 1.165) is 27.6 Å². The average molecular weight is 421 g/mol. The fourth-order valence-electron chi connectivity index (χ4n) is 5.11. The number of carboxylic acid groups (broad SMARTS) is 1. The molecule has 0 spiro atoms. The molecule has 1 aliphatic rings. The summed E-state index contributed by atoms with van der Waals surface area (Å²) in [5, 5.41) is 15.2. The number of carbonyl (C=O) groups is 2. The maximum Gasteiger partial charge on any atom is 0.307 e. The third-order valence-corrected chi connectivity index (χ3v) is 6.55. The molecule has 1 amide bonds. The van der Waals surface area contributed by atoms with Gasteiger partial charge in [-0.2, -0.15) is 0 Å². The highest BCUT2D eigenvalue weighted by atomic mass is 16.4. The standard InChI is InChI=1S/C28H23NO3/c30-27(29-22-17-9-15-18-10-7-8-16-21(18)22)25-23(19-11-3-1-4-12-19)26(28(31)32)24(25)20-13-5-2-6-14-20/h1-17,23-26H,(H,29,30)(H,31,32). The van der Waals surface area contributed by atoms with Gasteiger partial charge in [0.05, 0.1) is 11.8 Å². The first kappa shape index (κ1) is 20.0. The van der Waals surface area contributed by atoms with Crippen LogP contribution in [0.3, 0.4) is 0 Å². The van der Waals surface area contributed by atoms with Gasteiger partial charge in [0.25, 0.3) is 0 Å². The maximum absolute atomic E-state index is 13.7. The molecular weight excluding hydrogens is 398 g/mol. The number of aliphatic carboxylic acids is 1. The number of hydrogen-bond donors (Lipinski definition) is 2. The molecule has 2 N–H and O–H groups in total. The molecule has 0 aliphatic heterocycles. The van der Waals surface area contributed by atoms with Crippen molar-refractivity contribution in [3.05, 3.63) is 114 Å². The summed E-state index contributed by atoms with van der Waals surface area (Å²) in [4.78, 5) is 26.0. The van der Waals surface area contributed by atoms with Gasteiger partial charge in [0.15, 0.2) is 0 Å². The highest BCUT2D eigenvalue weighted by Crippen LogP contribution is 2.58. The molecule has 1 aliphatic carbocycles. The third kappa shape index (κ3) is 3.44. The van der Waals surface area contributed by atoms with Crippen LogP contribution >= 0.6 is 0 Å². The largest absolute Gasteiger partial charge is 0.481 e. The molecule has 0 aromatic heterocycles. The Morgan fingerprint density at radius 1 is 0.625 bits per heavy atom. The van der Waals surface area contributed by atoms with Crippen molar-refractivity contribution in [3.63, 3.8) is 0 Å². The van der Waals surface area contributed by atoms with Gasteiger partial charge in [-0.25, -0.2) is 0 Å². The molecule has 5 rings (SSSR count). The normalized spacial score (nSPS) is 22.1. The van der Waals surface area contributed by atoms with Gasteiger partial charge < -0.3 is 10.4 Å². The number of anilines is 1. The third-order valence-electron chi connectivity index (χ3n) is 6.55. The van der Waals surface area contributed by atoms with Crippen molar-refractivity contribution in [3.8, 4) is 0 Å². The van der Waals surface area contributed by atoms with Crippen molar-refractivity contribution in [2.45, 2.75) is 11.8 Å². The smallest absolute Gasteiger partial charge is 0.307 e. The molecule has 0 radical (unpaired) electrons. The van der Waals surface area contributed by atoms with Crippen LogP contribution in [0.25, 0.3) is 10.8 Å². The lowest BCUT2D eigenvalue weighted by atomic mass is 9.52. The number of hydrogen-bond acceptors (Lipinski definition) is 2. The second kappa shape index (κ2) is 8.31. The zero-order chi connectivity index (χ0) is 22.1. The minimum Gasteiger partial charge on any atom is -0.481 e. The van der Waals surface area contributed by atoms with Gasteiger partial charge in [-0.15, -0.1) is 0 Å². The van der Waals surface area contributed by atoms with Gasteiger partial charge in [-0.05, 0) is 22.6 Å². The Balaban J connectivity index is 1.55. The Kier molecular flexibility index (Phi) is 5.20. The highest BCUT2D eigenvalue weighted by molar-refractivity contribution is 6.04. The van der Waals surface area contributed by atoms with Crippen molar-refractivity contribution in [1.29, 1.82) is 0 Å². The number of amides is 1. The highest BCUT2D eigenvalue weighted by Gasteiger charge is 2.58. The van der Waals surface area contributed by atoms with Gasteiger partial charge in [0.1, 0.15) is 0 Å². The van der Waals surface area contributed by atoms with Crippen LogP contribution in [0.15, 0.2) is 103 Å². The number of rotatable bonds is 5. The molecule has 0 heterocycles. The van der Waals surface area contributed by atoms with Crippen LogP contribution in [0.1, 0.15) is 23.0 Å². The predicted molar refractivity (Wildman–Crippen MR) is 126 cm³/mol. The van der Waals surface area contributed by atoms with Crippen LogP contribution in [-0.2, 0) is 9.59 Å². The zero-order valence-electron chi connectivity index (χ0n) is 17.4. The second-order valence-electron chi connectivity index (χ2n) is 8.28. The number of carbonyl (C=O) groups excluding carboxylic acids is 1. The number of nitrogens with one attached hydrogen (secondary N) is 1. The lowest BCUT2D eigenvalue weighted by molar-refractivity contribution is -0.152. The van der Waals surface area contributed by atoms with E-state index in [1.807, 2.05) is 103 Å². The second-order valence-corrected chi connectivity index (χ2v) is 8.28. The average Bonchev–Trinajstić information content (AvgIpc) is 2.80. The van der Waals surface area contributed by atoms with E-state index in [-0.39, 0.29) is 5.91 Å². The number of benzene rings is 4. The summed E-state index contributed by atoms with van der Waals surface area (Å²) in [6, 6.07) is 32.8. The summed E-state index contributed by atoms with van der Waals surface area (Å²) in [5.74, 6) is -2.96. The summed E-state index contributed by atoms with van der Waals surface area (Å²) in [6.45, 7) is 0. The van der Waals surface area contributed by atoms with Crippen LogP contribution in [0.4, 0.5) is 5.69 Å². The summed E-state index contributed by atoms with van der Waals surface area (Å²) < 4.78 is 0. The summed E-state index contributed by atoms with van der Waals surface area (Å²) >= 11 is 0. The predicted octanol–water partition coefficient (Wildman–Crippen LogP) is 5.68. The fourth-order valence-corrected chi connectivity index (χ4v) is 5.11. The Hall–Kier alpha value is -3.92. The first-order chi connectivity index (χ1) is 15.6. The van der Waals surface area contributed by atoms with E-state index in [1.165, 1.54) is 0 Å². The summed E-state index contributed by atoms with van der Waals surface area (Å²) in [6.07, 6.45) is 0. The van der Waals surface area contributed by atoms with Crippen molar-refractivity contribution < 1.29 is 14.7 Å². The minimum atomic E-state index is -0.873. The molecule has 4 aromatic carbocycles. The van der Waals surface area contributed by atoms with Gasteiger partial charge in [0, 0.05) is 22.9 Å². The molecule has 0 saturated heterocycles. The van der Waals surface area contributed by atoms with E-state index < -0.39 is 29.6 Å². The number of fused-ring (bicyclic) bond motifs is 1. The lowest BCUT2D eigenvalue weighted by Crippen LogP contribution is -2.52. The van der Waals surface area contributed by atoms with Crippen LogP contribution in [0.5, 0.6) is 0 Å². The monoisotopic (exact) mass is 421 g/mol. The van der Waals surface area contributed by atoms with Gasteiger partial charge >= 0.3 is 5.97 Å². The van der Waals surface area contributed by atoms with E-state index in [2.05, 4.69) is 5.32 Å². The first-order valence-corrected chi connectivity index (χ1v) is 10.8. The van der Waals surface area contributed by atoms with Crippen molar-refractivity contribution in [2.75, 3.05) is 5.32 Å². The summed E-state index contributed by atoms with van der Waals surface area (Å²) in [5.41, 5.74) is 2.50. The number of carboxylic acids is 1. The van der Waals surface area contributed by atoms with Gasteiger partial charge in [-0.1, -0.05) is 97.1 Å². The zero-order valence-corrected chi connectivity index (χ0v) is 17.4. The van der Waals surface area contributed by atoms with Gasteiger partial charge in [-0.3, -0.25) is 9.59 Å². The SMILES string of the molecule is O=C(O)C1C(c2ccccc2)C(C(=O)Nc2cccc3ccccc23)C1c1ccccc1. The summed E-state index contributed by atoms with van der Waals surface area (Å²) in [7, 11) is 0. The minimum absolute atomic E-state index is 0.151. The first-order valence-electron chi connectivity index (χ1n) is 10.8. The van der Waals surface area contributed by atoms with Crippen LogP contribution < -0.4 is 5.32 Å². The maximum atomic E-state index is 13.7.